The van der Waals surface area contributed by atoms with E-state index in [1.165, 1.54) is 17.1 Å². The van der Waals surface area contributed by atoms with E-state index in [0.717, 1.165) is 32.1 Å². The number of rotatable bonds is 4. The molecule has 1 aromatic rings. The highest BCUT2D eigenvalue weighted by Crippen LogP contribution is 2.45. The Kier molecular flexibility index (Phi) is 6.70. The highest BCUT2D eigenvalue weighted by molar-refractivity contribution is 8.19. The highest BCUT2D eigenvalue weighted by Gasteiger charge is 2.30. The maximum atomic E-state index is 12.6. The topological polar surface area (TPSA) is 66.4 Å². The van der Waals surface area contributed by atoms with Crippen molar-refractivity contribution in [2.24, 2.45) is 5.92 Å². The predicted octanol–water partition coefficient (Wildman–Crippen LogP) is 4.32. The van der Waals surface area contributed by atoms with Crippen LogP contribution in [0.1, 0.15) is 59.0 Å². The summed E-state index contributed by atoms with van der Waals surface area (Å²) in [6, 6.07) is 7.51. The molecule has 1 aliphatic carbocycles. The number of thioether (sulfide) groups is 2. The summed E-state index contributed by atoms with van der Waals surface area (Å²) in [6.45, 7) is 0. The second kappa shape index (κ2) is 8.99. The fourth-order valence-electron chi connectivity index (χ4n) is 3.55. The van der Waals surface area contributed by atoms with Gasteiger partial charge in [-0.15, -0.1) is 23.5 Å². The number of benzene rings is 1. The Hall–Kier alpha value is -1.14. The first-order valence-electron chi connectivity index (χ1n) is 9.02. The monoisotopic (exact) mass is 379 g/mol. The van der Waals surface area contributed by atoms with Gasteiger partial charge < -0.3 is 10.4 Å². The number of amides is 1. The molecule has 4 nitrogen and oxygen atoms in total. The molecule has 3 rings (SSSR count). The average Bonchev–Trinajstić information content (AvgIpc) is 3.11. The molecule has 6 heteroatoms. The van der Waals surface area contributed by atoms with Gasteiger partial charge in [0.1, 0.15) is 0 Å². The summed E-state index contributed by atoms with van der Waals surface area (Å²) in [5.74, 6) is 0.925. The molecule has 25 heavy (non-hydrogen) atoms. The molecule has 0 radical (unpaired) electrons. The van der Waals surface area contributed by atoms with Crippen molar-refractivity contribution in [2.75, 3.05) is 11.5 Å². The van der Waals surface area contributed by atoms with E-state index in [0.29, 0.717) is 16.6 Å². The molecule has 1 aromatic carbocycles. The summed E-state index contributed by atoms with van der Waals surface area (Å²) in [6.07, 6.45) is 5.50. The molecule has 2 N–H and O–H groups in total. The van der Waals surface area contributed by atoms with Crippen LogP contribution < -0.4 is 5.32 Å². The Balaban J connectivity index is 1.65. The number of aliphatic carboxylic acids is 1. The molecule has 136 valence electrons. The Morgan fingerprint density at radius 2 is 1.60 bits per heavy atom. The Labute approximate surface area is 157 Å². The van der Waals surface area contributed by atoms with Crippen LogP contribution in [-0.4, -0.2) is 34.5 Å². The lowest BCUT2D eigenvalue weighted by Crippen LogP contribution is -2.43. The Bertz CT molecular complexity index is 599. The fourth-order valence-corrected chi connectivity index (χ4v) is 6.41. The molecule has 0 aromatic heterocycles. The molecule has 1 saturated carbocycles. The molecule has 2 unspecified atom stereocenters. The Morgan fingerprint density at radius 1 is 0.960 bits per heavy atom. The lowest BCUT2D eigenvalue weighted by Gasteiger charge is -2.27. The molecule has 0 bridgehead atoms. The van der Waals surface area contributed by atoms with Crippen molar-refractivity contribution in [3.05, 3.63) is 35.4 Å². The minimum atomic E-state index is -0.794. The van der Waals surface area contributed by atoms with E-state index in [-0.39, 0.29) is 11.9 Å². The van der Waals surface area contributed by atoms with Gasteiger partial charge in [-0.3, -0.25) is 9.59 Å². The van der Waals surface area contributed by atoms with Gasteiger partial charge in [0.2, 0.25) is 0 Å². The maximum absolute atomic E-state index is 12.6. The van der Waals surface area contributed by atoms with Gasteiger partial charge in [-0.25, -0.2) is 0 Å². The van der Waals surface area contributed by atoms with Gasteiger partial charge in [0.05, 0.1) is 10.5 Å². The molecule has 1 heterocycles. The number of carboxylic acids is 1. The molecule has 2 aliphatic rings. The first-order chi connectivity index (χ1) is 12.1. The van der Waals surface area contributed by atoms with E-state index in [1.807, 2.05) is 47.8 Å². The summed E-state index contributed by atoms with van der Waals surface area (Å²) in [5, 5.41) is 12.5. The number of carboxylic acid groups (broad SMARTS) is 1. The number of carbonyl (C=O) groups is 2. The first-order valence-corrected chi connectivity index (χ1v) is 11.1. The minimum absolute atomic E-state index is 0.157. The van der Waals surface area contributed by atoms with Crippen molar-refractivity contribution in [3.8, 4) is 0 Å². The second-order valence-corrected chi connectivity index (χ2v) is 9.44. The molecular weight excluding hydrogens is 354 g/mol. The maximum Gasteiger partial charge on any atom is 0.308 e. The zero-order valence-corrected chi connectivity index (χ0v) is 15.9. The van der Waals surface area contributed by atoms with Crippen LogP contribution in [0.3, 0.4) is 0 Å². The van der Waals surface area contributed by atoms with E-state index in [1.54, 1.807) is 0 Å². The van der Waals surface area contributed by atoms with Crippen molar-refractivity contribution in [1.82, 2.24) is 5.32 Å². The van der Waals surface area contributed by atoms with Crippen LogP contribution in [0.4, 0.5) is 0 Å². The average molecular weight is 380 g/mol. The molecule has 1 aliphatic heterocycles. The lowest BCUT2D eigenvalue weighted by molar-refractivity contribution is -0.143. The van der Waals surface area contributed by atoms with Crippen molar-refractivity contribution in [2.45, 2.75) is 49.1 Å². The predicted molar refractivity (Wildman–Crippen MR) is 104 cm³/mol. The molecule has 1 saturated heterocycles. The third-order valence-corrected chi connectivity index (χ3v) is 8.07. The SMILES string of the molecule is O=C(NC1CCCCCCC1C(=O)O)c1ccc(C2SCCS2)cc1. The number of nitrogens with one attached hydrogen (secondary N) is 1. The van der Waals surface area contributed by atoms with Gasteiger partial charge in [-0.05, 0) is 30.5 Å². The van der Waals surface area contributed by atoms with E-state index in [9.17, 15) is 14.7 Å². The smallest absolute Gasteiger partial charge is 0.308 e. The summed E-state index contributed by atoms with van der Waals surface area (Å²) in [4.78, 5) is 24.2. The van der Waals surface area contributed by atoms with E-state index >= 15 is 0 Å². The number of hydrogen-bond acceptors (Lipinski definition) is 4. The molecule has 1 amide bonds. The van der Waals surface area contributed by atoms with Crippen LogP contribution in [0.15, 0.2) is 24.3 Å². The van der Waals surface area contributed by atoms with Gasteiger partial charge in [-0.2, -0.15) is 0 Å². The van der Waals surface area contributed by atoms with Gasteiger partial charge in [-0.1, -0.05) is 37.8 Å². The van der Waals surface area contributed by atoms with Crippen LogP contribution in [0.25, 0.3) is 0 Å². The van der Waals surface area contributed by atoms with E-state index in [4.69, 9.17) is 0 Å². The summed E-state index contributed by atoms with van der Waals surface area (Å²) in [5.41, 5.74) is 1.86. The van der Waals surface area contributed by atoms with Crippen molar-refractivity contribution in [3.63, 3.8) is 0 Å². The third kappa shape index (κ3) is 4.94. The Morgan fingerprint density at radius 3 is 2.24 bits per heavy atom. The molecular formula is C19H25NO3S2. The second-order valence-electron chi connectivity index (χ2n) is 6.71. The lowest BCUT2D eigenvalue weighted by atomic mass is 9.86. The normalized spacial score (nSPS) is 25.1. The fraction of sp³-hybridized carbons (Fsp3) is 0.579. The van der Waals surface area contributed by atoms with E-state index < -0.39 is 11.9 Å². The van der Waals surface area contributed by atoms with Gasteiger partial charge >= 0.3 is 5.97 Å². The summed E-state index contributed by atoms with van der Waals surface area (Å²) in [7, 11) is 0. The quantitative estimate of drug-likeness (QED) is 0.816. The van der Waals surface area contributed by atoms with Crippen LogP contribution in [0.5, 0.6) is 0 Å². The number of hydrogen-bond donors (Lipinski definition) is 2. The number of carbonyl (C=O) groups excluding carboxylic acids is 1. The zero-order chi connectivity index (χ0) is 17.6. The molecule has 2 fully saturated rings. The van der Waals surface area contributed by atoms with Gasteiger partial charge in [0, 0.05) is 23.1 Å². The van der Waals surface area contributed by atoms with Crippen LogP contribution >= 0.6 is 23.5 Å². The van der Waals surface area contributed by atoms with Gasteiger partial charge in [0.25, 0.3) is 5.91 Å². The van der Waals surface area contributed by atoms with Crippen molar-refractivity contribution >= 4 is 35.4 Å². The van der Waals surface area contributed by atoms with Crippen LogP contribution in [-0.2, 0) is 4.79 Å². The largest absolute Gasteiger partial charge is 0.481 e. The third-order valence-electron chi connectivity index (χ3n) is 4.97. The van der Waals surface area contributed by atoms with Crippen LogP contribution in [0, 0.1) is 5.92 Å². The summed E-state index contributed by atoms with van der Waals surface area (Å²) < 4.78 is 0.471. The summed E-state index contributed by atoms with van der Waals surface area (Å²) >= 11 is 3.89. The van der Waals surface area contributed by atoms with Crippen molar-refractivity contribution in [1.29, 1.82) is 0 Å². The first kappa shape index (κ1) is 18.6. The van der Waals surface area contributed by atoms with Crippen molar-refractivity contribution < 1.29 is 14.7 Å². The highest BCUT2D eigenvalue weighted by atomic mass is 32.2. The molecule has 2 atom stereocenters. The van der Waals surface area contributed by atoms with Gasteiger partial charge in [0.15, 0.2) is 0 Å². The molecule has 0 spiro atoms. The zero-order valence-electron chi connectivity index (χ0n) is 14.3. The van der Waals surface area contributed by atoms with Crippen LogP contribution in [0.2, 0.25) is 0 Å². The van der Waals surface area contributed by atoms with E-state index in [2.05, 4.69) is 5.32 Å². The standard InChI is InChI=1S/C19H25NO3S2/c21-17(13-7-9-14(10-8-13)19-24-11-12-25-19)20-16-6-4-2-1-3-5-15(16)18(22)23/h7-10,15-16,19H,1-6,11-12H2,(H,20,21)(H,22,23). The minimum Gasteiger partial charge on any atom is -0.481 e.